The van der Waals surface area contributed by atoms with Gasteiger partial charge < -0.3 is 30.1 Å². The molecule has 0 atom stereocenters. The Labute approximate surface area is 138 Å². The molecule has 3 aromatic rings. The topological polar surface area (TPSA) is 12.0 Å². The molecule has 0 heterocycles. The number of rotatable bonds is 1. The van der Waals surface area contributed by atoms with Crippen LogP contribution in [0, 0.1) is 0 Å². The fourth-order valence-corrected chi connectivity index (χ4v) is 2.12. The van der Waals surface area contributed by atoms with E-state index in [1.807, 2.05) is 7.05 Å². The van der Waals surface area contributed by atoms with Crippen molar-refractivity contribution in [2.45, 2.75) is 0 Å². The number of hydrogen-bond acceptors (Lipinski definition) is 1. The summed E-state index contributed by atoms with van der Waals surface area (Å²) < 4.78 is 0. The molecular weight excluding hydrogens is 344 g/mol. The number of nitrogens with one attached hydrogen (secondary N) is 1. The van der Waals surface area contributed by atoms with Crippen molar-refractivity contribution in [2.75, 3.05) is 12.4 Å². The van der Waals surface area contributed by atoms with Gasteiger partial charge >= 0.3 is 26.2 Å². The molecule has 0 fully saturated rings. The summed E-state index contributed by atoms with van der Waals surface area (Å²) in [5.74, 6) is 0. The molecule has 1 radical (unpaired) electrons. The summed E-state index contributed by atoms with van der Waals surface area (Å²) in [6.45, 7) is 0. The molecule has 1 nitrogen and oxygen atoms in total. The third-order valence-electron chi connectivity index (χ3n) is 2.90. The van der Waals surface area contributed by atoms with Gasteiger partial charge in [0.05, 0.1) is 0 Å². The smallest absolute Gasteiger partial charge is 1.00 e. The quantitative estimate of drug-likeness (QED) is 0.487. The van der Waals surface area contributed by atoms with E-state index in [9.17, 15) is 0 Å². The molecule has 1 N–H and O–H groups in total. The first kappa shape index (κ1) is 17.6. The van der Waals surface area contributed by atoms with Crippen LogP contribution in [-0.2, 0) is 26.2 Å². The first-order valence-corrected chi connectivity index (χ1v) is 5.14. The van der Waals surface area contributed by atoms with Gasteiger partial charge in [0.1, 0.15) is 0 Å². The van der Waals surface area contributed by atoms with E-state index in [0.29, 0.717) is 0 Å². The molecule has 91 valence electrons. The van der Waals surface area contributed by atoms with E-state index in [2.05, 4.69) is 53.8 Å². The first-order chi connectivity index (χ1) is 7.38. The second-order valence-electron chi connectivity index (χ2n) is 3.78. The molecule has 4 heteroatoms. The minimum absolute atomic E-state index is 0. The van der Waals surface area contributed by atoms with Crippen LogP contribution in [-0.4, -0.2) is 7.05 Å². The third kappa shape index (κ3) is 2.93. The van der Waals surface area contributed by atoms with E-state index in [-0.39, 0.29) is 51.0 Å². The zero-order valence-corrected chi connectivity index (χ0v) is 13.8. The predicted molar refractivity (Wildman–Crippen MR) is 66.6 cm³/mol. The molecule has 0 aliphatic carbocycles. The molecule has 0 unspecified atom stereocenters. The molecule has 18 heavy (non-hydrogen) atoms. The van der Waals surface area contributed by atoms with Gasteiger partial charge in [-0.3, -0.25) is 0 Å². The van der Waals surface area contributed by atoms with Gasteiger partial charge in [-0.25, -0.2) is 0 Å². The predicted octanol–water partition coefficient (Wildman–Crippen LogP) is -2.24. The van der Waals surface area contributed by atoms with Crippen LogP contribution >= 0.6 is 0 Å². The third-order valence-corrected chi connectivity index (χ3v) is 2.90. The molecule has 3 rings (SSSR count). The number of anilines is 1. The van der Waals surface area contributed by atoms with Crippen LogP contribution in [0.15, 0.2) is 48.5 Å². The Bertz CT molecular complexity index is 634. The summed E-state index contributed by atoms with van der Waals surface area (Å²) in [6.07, 6.45) is 0. The molecule has 0 aliphatic heterocycles. The van der Waals surface area contributed by atoms with Crippen LogP contribution in [0.1, 0.15) is 0 Å². The van der Waals surface area contributed by atoms with Crippen LogP contribution in [0.4, 0.5) is 5.69 Å². The number of hydrogen-bond donors (Lipinski definition) is 1. The zero-order valence-electron chi connectivity index (χ0n) is 9.87. The largest absolute Gasteiger partial charge is 3.00 e. The van der Waals surface area contributed by atoms with E-state index in [4.69, 9.17) is 0 Å². The second-order valence-corrected chi connectivity index (χ2v) is 3.78. The van der Waals surface area contributed by atoms with Crippen molar-refractivity contribution in [2.24, 2.45) is 0 Å². The van der Waals surface area contributed by atoms with Crippen molar-refractivity contribution in [3.8, 4) is 0 Å². The van der Waals surface area contributed by atoms with Crippen molar-refractivity contribution in [1.82, 2.24) is 0 Å². The fourth-order valence-electron chi connectivity index (χ4n) is 2.12. The molecule has 0 aromatic heterocycles. The normalized spacial score (nSPS) is 9.17. The van der Waals surface area contributed by atoms with Crippen molar-refractivity contribution >= 4 is 27.2 Å². The molecule has 0 saturated carbocycles. The first-order valence-electron chi connectivity index (χ1n) is 5.14. The Hall–Kier alpha value is -0.427. The van der Waals surface area contributed by atoms with Crippen LogP contribution in [0.5, 0.6) is 0 Å². The Kier molecular flexibility index (Phi) is 7.06. The molecule has 3 aromatic carbocycles. The number of halogens is 2. The van der Waals surface area contributed by atoms with Crippen molar-refractivity contribution in [1.29, 1.82) is 0 Å². The Balaban J connectivity index is 0.000000963. The van der Waals surface area contributed by atoms with Crippen molar-refractivity contribution in [3.63, 3.8) is 0 Å². The molecule has 0 amide bonds. The van der Waals surface area contributed by atoms with Gasteiger partial charge in [0.15, 0.2) is 0 Å². The van der Waals surface area contributed by atoms with Crippen LogP contribution < -0.4 is 30.1 Å². The van der Waals surface area contributed by atoms with Gasteiger partial charge in [-0.2, -0.15) is 0 Å². The molecule has 0 spiro atoms. The van der Waals surface area contributed by atoms with E-state index in [1.54, 1.807) is 0 Å². The second kappa shape index (κ2) is 7.23. The summed E-state index contributed by atoms with van der Waals surface area (Å²) in [6, 6.07) is 17.2. The maximum absolute atomic E-state index is 3.16. The summed E-state index contributed by atoms with van der Waals surface area (Å²) in [5.41, 5.74) is 1.16. The number of fused-ring (bicyclic) bond motifs is 3. The van der Waals surface area contributed by atoms with Gasteiger partial charge in [-0.05, 0) is 5.69 Å². The Morgan fingerprint density at radius 2 is 1.56 bits per heavy atom. The summed E-state index contributed by atoms with van der Waals surface area (Å²) in [5, 5.41) is 8.47. The summed E-state index contributed by atoms with van der Waals surface area (Å²) in [4.78, 5) is 0. The minimum Gasteiger partial charge on any atom is -1.00 e. The Morgan fingerprint density at radius 3 is 2.28 bits per heavy atom. The zero-order chi connectivity index (χ0) is 10.3. The SMILES string of the molecule is CNc1ccc2c(c1)[cH-]c1ccccc12.[Cl-].[Cl-].[Zr+3]. The molecular formula is C14H12Cl2NZr. The summed E-state index contributed by atoms with van der Waals surface area (Å²) >= 11 is 0. The molecule has 0 saturated heterocycles. The summed E-state index contributed by atoms with van der Waals surface area (Å²) in [7, 11) is 1.95. The van der Waals surface area contributed by atoms with Gasteiger partial charge in [0.2, 0.25) is 0 Å². The van der Waals surface area contributed by atoms with Crippen LogP contribution in [0.25, 0.3) is 21.5 Å². The maximum atomic E-state index is 3.16. The van der Waals surface area contributed by atoms with Gasteiger partial charge in [0, 0.05) is 7.05 Å². The number of benzene rings is 2. The van der Waals surface area contributed by atoms with E-state index >= 15 is 0 Å². The van der Waals surface area contributed by atoms with E-state index in [1.165, 1.54) is 21.5 Å². The minimum atomic E-state index is 0. The van der Waals surface area contributed by atoms with Crippen molar-refractivity contribution < 1.29 is 51.0 Å². The Morgan fingerprint density at radius 1 is 0.889 bits per heavy atom. The van der Waals surface area contributed by atoms with Gasteiger partial charge in [-0.15, -0.1) is 33.7 Å². The van der Waals surface area contributed by atoms with E-state index < -0.39 is 0 Å². The standard InChI is InChI=1S/C14H12N.2ClH.Zr/c1-15-12-6-7-14-11(9-12)8-10-4-2-3-5-13(10)14;;;/h2-9,15H,1H3;2*1H;/q-1;;;+3/p-2. The fraction of sp³-hybridized carbons (Fsp3) is 0.0714. The van der Waals surface area contributed by atoms with Crippen molar-refractivity contribution in [3.05, 3.63) is 48.5 Å². The molecule has 0 aliphatic rings. The average molecular weight is 356 g/mol. The van der Waals surface area contributed by atoms with Crippen LogP contribution in [0.2, 0.25) is 0 Å². The van der Waals surface area contributed by atoms with Gasteiger partial charge in [-0.1, -0.05) is 36.4 Å². The monoisotopic (exact) mass is 354 g/mol. The molecule has 0 bridgehead atoms. The maximum Gasteiger partial charge on any atom is 3.00 e. The van der Waals surface area contributed by atoms with Crippen LogP contribution in [0.3, 0.4) is 0 Å². The van der Waals surface area contributed by atoms with Gasteiger partial charge in [0.25, 0.3) is 0 Å². The average Bonchev–Trinajstić information content (AvgIpc) is 2.66. The van der Waals surface area contributed by atoms with E-state index in [0.717, 1.165) is 5.69 Å².